The Morgan fingerprint density at radius 1 is 0.929 bits per heavy atom. The fourth-order valence-electron chi connectivity index (χ4n) is 1.85. The molecule has 82 valence electrons. The third-order valence-corrected chi connectivity index (χ3v) is 2.89. The van der Waals surface area contributed by atoms with Crippen LogP contribution in [0.15, 0.2) is 0 Å². The number of nitrogens with zero attached hydrogens (tertiary/aromatic N) is 1. The first-order chi connectivity index (χ1) is 6.53. The summed E-state index contributed by atoms with van der Waals surface area (Å²) in [5.41, 5.74) is 0. The van der Waals surface area contributed by atoms with Crippen LogP contribution in [0.1, 0.15) is 25.7 Å². The highest BCUT2D eigenvalue weighted by Crippen LogP contribution is 2.34. The van der Waals surface area contributed by atoms with Crippen LogP contribution in [0.25, 0.3) is 0 Å². The SMILES string of the molecule is F[B-](F)(F)CN(CC1CC1)CC1CC1. The lowest BCUT2D eigenvalue weighted by Crippen LogP contribution is -2.40. The second-order valence-corrected chi connectivity index (χ2v) is 4.82. The van der Waals surface area contributed by atoms with Gasteiger partial charge in [-0.1, -0.05) is 0 Å². The van der Waals surface area contributed by atoms with Crippen molar-refractivity contribution in [1.82, 2.24) is 4.90 Å². The Hall–Kier alpha value is -0.185. The lowest BCUT2D eigenvalue weighted by molar-refractivity contribution is 0.259. The molecule has 0 bridgehead atoms. The van der Waals surface area contributed by atoms with E-state index in [0.717, 1.165) is 25.7 Å². The lowest BCUT2D eigenvalue weighted by Gasteiger charge is -2.27. The van der Waals surface area contributed by atoms with E-state index >= 15 is 0 Å². The first kappa shape index (κ1) is 10.3. The molecular weight excluding hydrogens is 190 g/mol. The summed E-state index contributed by atoms with van der Waals surface area (Å²) >= 11 is 0. The largest absolute Gasteiger partial charge is 0.492 e. The Morgan fingerprint density at radius 2 is 1.36 bits per heavy atom. The van der Waals surface area contributed by atoms with Gasteiger partial charge in [-0.2, -0.15) is 0 Å². The molecule has 1 nitrogen and oxygen atoms in total. The molecule has 0 heterocycles. The maximum atomic E-state index is 12.3. The van der Waals surface area contributed by atoms with Crippen molar-refractivity contribution >= 4 is 6.98 Å². The summed E-state index contributed by atoms with van der Waals surface area (Å²) < 4.78 is 36.8. The molecule has 0 unspecified atom stereocenters. The minimum absolute atomic E-state index is 0.562. The molecule has 2 fully saturated rings. The van der Waals surface area contributed by atoms with Gasteiger partial charge in [0.1, 0.15) is 0 Å². The molecule has 2 rings (SSSR count). The van der Waals surface area contributed by atoms with E-state index in [9.17, 15) is 12.9 Å². The Bertz CT molecular complexity index is 185. The number of hydrogen-bond acceptors (Lipinski definition) is 1. The standard InChI is InChI=1S/C9H16BF3N/c11-10(12,13)7-14(5-8-1-2-8)6-9-3-4-9/h8-9H,1-7H2/q-1. The Balaban J connectivity index is 1.76. The van der Waals surface area contributed by atoms with Crippen LogP contribution in [-0.4, -0.2) is 31.4 Å². The minimum atomic E-state index is -4.63. The summed E-state index contributed by atoms with van der Waals surface area (Å²) in [5, 5.41) is 0. The molecule has 2 aliphatic rings. The molecule has 2 aliphatic carbocycles. The quantitative estimate of drug-likeness (QED) is 0.603. The van der Waals surface area contributed by atoms with Crippen LogP contribution in [0.5, 0.6) is 0 Å². The fourth-order valence-corrected chi connectivity index (χ4v) is 1.85. The Morgan fingerprint density at radius 3 is 1.64 bits per heavy atom. The highest BCUT2D eigenvalue weighted by Gasteiger charge is 2.33. The minimum Gasteiger partial charge on any atom is -0.448 e. The van der Waals surface area contributed by atoms with Crippen molar-refractivity contribution in [2.75, 3.05) is 19.5 Å². The van der Waals surface area contributed by atoms with Crippen molar-refractivity contribution < 1.29 is 12.9 Å². The van der Waals surface area contributed by atoms with E-state index in [1.165, 1.54) is 0 Å². The van der Waals surface area contributed by atoms with Crippen molar-refractivity contribution in [3.63, 3.8) is 0 Å². The van der Waals surface area contributed by atoms with Crippen molar-refractivity contribution in [2.45, 2.75) is 25.7 Å². The normalized spacial score (nSPS) is 23.1. The Labute approximate surface area is 82.7 Å². The molecule has 0 radical (unpaired) electrons. The Kier molecular flexibility index (Phi) is 2.78. The highest BCUT2D eigenvalue weighted by atomic mass is 19.4. The zero-order valence-corrected chi connectivity index (χ0v) is 8.26. The monoisotopic (exact) mass is 206 g/mol. The van der Waals surface area contributed by atoms with Gasteiger partial charge < -0.3 is 17.8 Å². The molecule has 0 aliphatic heterocycles. The number of hydrogen-bond donors (Lipinski definition) is 0. The van der Waals surface area contributed by atoms with Gasteiger partial charge in [0.15, 0.2) is 0 Å². The van der Waals surface area contributed by atoms with E-state index in [0.29, 0.717) is 24.9 Å². The summed E-state index contributed by atoms with van der Waals surface area (Å²) in [6.45, 7) is -3.27. The smallest absolute Gasteiger partial charge is 0.448 e. The average molecular weight is 206 g/mol. The molecule has 14 heavy (non-hydrogen) atoms. The molecule has 0 aromatic carbocycles. The molecule has 0 saturated heterocycles. The van der Waals surface area contributed by atoms with Crippen LogP contribution < -0.4 is 0 Å². The topological polar surface area (TPSA) is 3.24 Å². The van der Waals surface area contributed by atoms with Crippen molar-refractivity contribution in [2.24, 2.45) is 11.8 Å². The van der Waals surface area contributed by atoms with Crippen LogP contribution in [0.3, 0.4) is 0 Å². The van der Waals surface area contributed by atoms with Crippen LogP contribution in [-0.2, 0) is 0 Å². The highest BCUT2D eigenvalue weighted by molar-refractivity contribution is 6.58. The summed E-state index contributed by atoms with van der Waals surface area (Å²) in [6.07, 6.45) is 3.88. The van der Waals surface area contributed by atoms with E-state index in [4.69, 9.17) is 0 Å². The van der Waals surface area contributed by atoms with Gasteiger partial charge in [0, 0.05) is 0 Å². The van der Waals surface area contributed by atoms with Crippen molar-refractivity contribution in [3.8, 4) is 0 Å². The summed E-state index contributed by atoms with van der Waals surface area (Å²) in [7, 11) is 0. The van der Waals surface area contributed by atoms with Crippen LogP contribution >= 0.6 is 0 Å². The second kappa shape index (κ2) is 3.76. The fraction of sp³-hybridized carbons (Fsp3) is 1.00. The lowest BCUT2D eigenvalue weighted by atomic mass is 9.91. The predicted octanol–water partition coefficient (Wildman–Crippen LogP) is 2.50. The van der Waals surface area contributed by atoms with Gasteiger partial charge in [0.25, 0.3) is 0 Å². The molecule has 0 aromatic rings. The third-order valence-electron chi connectivity index (χ3n) is 2.89. The van der Waals surface area contributed by atoms with E-state index in [2.05, 4.69) is 0 Å². The molecule has 0 atom stereocenters. The molecular formula is C9H16BF3N-. The van der Waals surface area contributed by atoms with Crippen LogP contribution in [0.2, 0.25) is 0 Å². The van der Waals surface area contributed by atoms with E-state index in [-0.39, 0.29) is 0 Å². The molecule has 2 saturated carbocycles. The van der Waals surface area contributed by atoms with Gasteiger partial charge in [0.2, 0.25) is 0 Å². The van der Waals surface area contributed by atoms with Gasteiger partial charge in [-0.25, -0.2) is 0 Å². The summed E-state index contributed by atoms with van der Waals surface area (Å²) in [6, 6.07) is 0. The molecule has 0 amide bonds. The maximum Gasteiger partial charge on any atom is 0.492 e. The average Bonchev–Trinajstić information content (AvgIpc) is 2.77. The summed E-state index contributed by atoms with van der Waals surface area (Å²) in [5.74, 6) is 1.12. The zero-order valence-electron chi connectivity index (χ0n) is 8.26. The first-order valence-electron chi connectivity index (χ1n) is 5.46. The van der Waals surface area contributed by atoms with Crippen LogP contribution in [0, 0.1) is 11.8 Å². The van der Waals surface area contributed by atoms with E-state index < -0.39 is 13.4 Å². The van der Waals surface area contributed by atoms with E-state index in [1.807, 2.05) is 0 Å². The van der Waals surface area contributed by atoms with E-state index in [1.54, 1.807) is 4.90 Å². The summed E-state index contributed by atoms with van der Waals surface area (Å²) in [4.78, 5) is 1.63. The number of rotatable bonds is 6. The van der Waals surface area contributed by atoms with Gasteiger partial charge in [0.05, 0.1) is 0 Å². The van der Waals surface area contributed by atoms with Crippen molar-refractivity contribution in [1.29, 1.82) is 0 Å². The van der Waals surface area contributed by atoms with Gasteiger partial charge in [-0.15, -0.1) is 0 Å². The zero-order chi connectivity index (χ0) is 10.2. The molecule has 0 N–H and O–H groups in total. The third kappa shape index (κ3) is 3.90. The predicted molar refractivity (Wildman–Crippen MR) is 51.0 cm³/mol. The van der Waals surface area contributed by atoms with Crippen LogP contribution in [0.4, 0.5) is 12.9 Å². The molecule has 0 spiro atoms. The van der Waals surface area contributed by atoms with Gasteiger partial charge >= 0.3 is 6.98 Å². The molecule has 5 heteroatoms. The number of halogens is 3. The van der Waals surface area contributed by atoms with Gasteiger partial charge in [-0.3, -0.25) is 0 Å². The maximum absolute atomic E-state index is 12.3. The molecule has 0 aromatic heterocycles. The van der Waals surface area contributed by atoms with Crippen molar-refractivity contribution in [3.05, 3.63) is 0 Å². The first-order valence-corrected chi connectivity index (χ1v) is 5.46. The second-order valence-electron chi connectivity index (χ2n) is 4.82. The van der Waals surface area contributed by atoms with Gasteiger partial charge in [-0.05, 0) is 57.1 Å².